The second-order valence-corrected chi connectivity index (χ2v) is 19.5. The van der Waals surface area contributed by atoms with Crippen LogP contribution in [-0.4, -0.2) is 37.2 Å². The van der Waals surface area contributed by atoms with Crippen LogP contribution in [0.25, 0.3) is 0 Å². The lowest BCUT2D eigenvalue weighted by molar-refractivity contribution is -0.167. The van der Waals surface area contributed by atoms with E-state index in [1.165, 1.54) is 128 Å². The molecule has 0 bridgehead atoms. The highest BCUT2D eigenvalue weighted by Crippen LogP contribution is 2.16. The number of ether oxygens (including phenoxy) is 3. The predicted molar refractivity (Wildman–Crippen MR) is 307 cm³/mol. The van der Waals surface area contributed by atoms with Crippen LogP contribution in [0.1, 0.15) is 278 Å². The molecule has 0 aliphatic rings. The predicted octanol–water partition coefficient (Wildman–Crippen LogP) is 20.1. The Kier molecular flexibility index (Phi) is 55.9. The summed E-state index contributed by atoms with van der Waals surface area (Å²) in [6.07, 6.45) is 78.3. The number of esters is 3. The van der Waals surface area contributed by atoms with E-state index in [1.807, 2.05) is 0 Å². The average molecular weight is 988 g/mol. The van der Waals surface area contributed by atoms with Crippen LogP contribution in [0.5, 0.6) is 0 Å². The molecule has 0 N–H and O–H groups in total. The lowest BCUT2D eigenvalue weighted by Crippen LogP contribution is -2.30. The molecule has 0 unspecified atom stereocenters. The van der Waals surface area contributed by atoms with Gasteiger partial charge in [0.25, 0.3) is 0 Å². The van der Waals surface area contributed by atoms with Crippen LogP contribution in [-0.2, 0) is 28.6 Å². The van der Waals surface area contributed by atoms with Crippen LogP contribution >= 0.6 is 0 Å². The Morgan fingerprint density at radius 1 is 0.296 bits per heavy atom. The standard InChI is InChI=1S/C65H110O6/c1-4-7-10-13-16-19-22-25-28-31-32-35-37-40-43-46-49-52-55-58-64(67)70-61-62(71-65(68)59-56-53-50-47-44-41-38-34-30-27-24-21-18-15-12-9-6-3)60-69-63(66)57-54-51-48-45-42-39-36-33-29-26-23-20-17-14-11-8-5-2/h8,11,17-18,20-21,26-27,29-30,36,38-39,41,45,48,62H,4-7,9-10,12-16,19,22-25,28,31-35,37,40,42-44,46-47,49-61H2,1-3H3/b11-8-,20-17-,21-18-,29-26-,30-27-,39-36-,41-38-,48-45-/t62-/m1/s1. The Hall–Kier alpha value is -3.67. The molecule has 0 aromatic heterocycles. The van der Waals surface area contributed by atoms with E-state index in [1.54, 1.807) is 0 Å². The molecule has 0 radical (unpaired) electrons. The van der Waals surface area contributed by atoms with Gasteiger partial charge in [-0.3, -0.25) is 14.4 Å². The van der Waals surface area contributed by atoms with Gasteiger partial charge in [0, 0.05) is 19.3 Å². The Labute approximate surface area is 438 Å². The summed E-state index contributed by atoms with van der Waals surface area (Å²) in [5, 5.41) is 0. The highest BCUT2D eigenvalue weighted by molar-refractivity contribution is 5.71. The number of hydrogen-bond donors (Lipinski definition) is 0. The molecule has 71 heavy (non-hydrogen) atoms. The van der Waals surface area contributed by atoms with Gasteiger partial charge >= 0.3 is 17.9 Å². The monoisotopic (exact) mass is 987 g/mol. The molecule has 0 amide bonds. The van der Waals surface area contributed by atoms with Gasteiger partial charge in [-0.2, -0.15) is 0 Å². The van der Waals surface area contributed by atoms with Crippen molar-refractivity contribution in [3.05, 3.63) is 97.2 Å². The first-order valence-corrected chi connectivity index (χ1v) is 29.7. The summed E-state index contributed by atoms with van der Waals surface area (Å²) < 4.78 is 16.8. The first-order chi connectivity index (χ1) is 35.0. The first kappa shape index (κ1) is 67.3. The zero-order valence-electron chi connectivity index (χ0n) is 46.5. The maximum Gasteiger partial charge on any atom is 0.306 e. The van der Waals surface area contributed by atoms with E-state index >= 15 is 0 Å². The number of carbonyl (C=O) groups is 3. The van der Waals surface area contributed by atoms with Crippen molar-refractivity contribution in [2.45, 2.75) is 284 Å². The Morgan fingerprint density at radius 2 is 0.563 bits per heavy atom. The van der Waals surface area contributed by atoms with Crippen molar-refractivity contribution >= 4 is 17.9 Å². The number of carbonyl (C=O) groups excluding carboxylic acids is 3. The molecular formula is C65H110O6. The summed E-state index contributed by atoms with van der Waals surface area (Å²) in [6.45, 7) is 6.45. The molecule has 0 aromatic rings. The minimum absolute atomic E-state index is 0.103. The molecule has 6 nitrogen and oxygen atoms in total. The fraction of sp³-hybridized carbons (Fsp3) is 0.708. The summed E-state index contributed by atoms with van der Waals surface area (Å²) in [4.78, 5) is 38.2. The van der Waals surface area contributed by atoms with Crippen molar-refractivity contribution in [1.82, 2.24) is 0 Å². The smallest absolute Gasteiger partial charge is 0.306 e. The summed E-state index contributed by atoms with van der Waals surface area (Å²) in [6, 6.07) is 0. The van der Waals surface area contributed by atoms with Gasteiger partial charge in [-0.1, -0.05) is 259 Å². The van der Waals surface area contributed by atoms with Gasteiger partial charge in [0.1, 0.15) is 13.2 Å². The largest absolute Gasteiger partial charge is 0.462 e. The number of unbranched alkanes of at least 4 members (excludes halogenated alkanes) is 26. The van der Waals surface area contributed by atoms with Crippen molar-refractivity contribution in [2.24, 2.45) is 0 Å². The van der Waals surface area contributed by atoms with Gasteiger partial charge in [0.15, 0.2) is 6.10 Å². The van der Waals surface area contributed by atoms with E-state index in [0.29, 0.717) is 19.3 Å². The molecule has 0 saturated carbocycles. The van der Waals surface area contributed by atoms with Crippen LogP contribution in [0.15, 0.2) is 97.2 Å². The summed E-state index contributed by atoms with van der Waals surface area (Å²) >= 11 is 0. The second kappa shape index (κ2) is 58.9. The molecule has 0 saturated heterocycles. The SMILES string of the molecule is CC/C=C\C/C=C\C/C=C\C/C=C\C/C=C\CCCC(=O)OC[C@H](COC(=O)CCCCCCCCCCCCCCCCCCCCC)OC(=O)CCCCCC/C=C\C/C=C\C/C=C\CCCCC. The number of rotatable bonds is 53. The van der Waals surface area contributed by atoms with Crippen LogP contribution in [0.4, 0.5) is 0 Å². The zero-order valence-corrected chi connectivity index (χ0v) is 46.5. The van der Waals surface area contributed by atoms with Gasteiger partial charge in [-0.05, 0) is 96.3 Å². The third kappa shape index (κ3) is 57.1. The van der Waals surface area contributed by atoms with Crippen molar-refractivity contribution in [3.8, 4) is 0 Å². The minimum atomic E-state index is -0.813. The highest BCUT2D eigenvalue weighted by Gasteiger charge is 2.19. The quantitative estimate of drug-likeness (QED) is 0.0261. The lowest BCUT2D eigenvalue weighted by Gasteiger charge is -2.18. The first-order valence-electron chi connectivity index (χ1n) is 29.7. The molecule has 0 aliphatic heterocycles. The van der Waals surface area contributed by atoms with E-state index in [-0.39, 0.29) is 37.5 Å². The third-order valence-electron chi connectivity index (χ3n) is 12.6. The van der Waals surface area contributed by atoms with Crippen molar-refractivity contribution < 1.29 is 28.6 Å². The van der Waals surface area contributed by atoms with Crippen molar-refractivity contribution in [3.63, 3.8) is 0 Å². The third-order valence-corrected chi connectivity index (χ3v) is 12.6. The molecule has 0 heterocycles. The Bertz CT molecular complexity index is 1410. The fourth-order valence-corrected chi connectivity index (χ4v) is 8.13. The molecule has 6 heteroatoms. The van der Waals surface area contributed by atoms with Crippen LogP contribution in [0.3, 0.4) is 0 Å². The van der Waals surface area contributed by atoms with E-state index in [0.717, 1.165) is 103 Å². The van der Waals surface area contributed by atoms with Gasteiger partial charge in [0.05, 0.1) is 0 Å². The number of allylic oxidation sites excluding steroid dienone is 16. The van der Waals surface area contributed by atoms with Gasteiger partial charge in [-0.15, -0.1) is 0 Å². The fourth-order valence-electron chi connectivity index (χ4n) is 8.13. The molecule has 1 atom stereocenters. The molecule has 406 valence electrons. The molecule has 0 aliphatic carbocycles. The maximum absolute atomic E-state index is 12.9. The van der Waals surface area contributed by atoms with E-state index < -0.39 is 6.10 Å². The highest BCUT2D eigenvalue weighted by atomic mass is 16.6. The van der Waals surface area contributed by atoms with Crippen LogP contribution < -0.4 is 0 Å². The Morgan fingerprint density at radius 3 is 0.944 bits per heavy atom. The molecule has 0 rings (SSSR count). The van der Waals surface area contributed by atoms with Crippen LogP contribution in [0, 0.1) is 0 Å². The van der Waals surface area contributed by atoms with E-state index in [9.17, 15) is 14.4 Å². The van der Waals surface area contributed by atoms with Crippen molar-refractivity contribution in [1.29, 1.82) is 0 Å². The van der Waals surface area contributed by atoms with Gasteiger partial charge in [0.2, 0.25) is 0 Å². The van der Waals surface area contributed by atoms with Gasteiger partial charge in [-0.25, -0.2) is 0 Å². The van der Waals surface area contributed by atoms with Crippen LogP contribution in [0.2, 0.25) is 0 Å². The topological polar surface area (TPSA) is 78.9 Å². The van der Waals surface area contributed by atoms with E-state index in [4.69, 9.17) is 14.2 Å². The molecular weight excluding hydrogens is 877 g/mol. The lowest BCUT2D eigenvalue weighted by atomic mass is 10.0. The second-order valence-electron chi connectivity index (χ2n) is 19.5. The summed E-state index contributed by atoms with van der Waals surface area (Å²) in [5.74, 6) is -0.979. The van der Waals surface area contributed by atoms with Crippen molar-refractivity contribution in [2.75, 3.05) is 13.2 Å². The maximum atomic E-state index is 12.9. The minimum Gasteiger partial charge on any atom is -0.462 e. The summed E-state index contributed by atoms with van der Waals surface area (Å²) in [5.41, 5.74) is 0. The Balaban J connectivity index is 4.48. The zero-order chi connectivity index (χ0) is 51.4. The van der Waals surface area contributed by atoms with Gasteiger partial charge < -0.3 is 14.2 Å². The molecule has 0 aromatic carbocycles. The summed E-state index contributed by atoms with van der Waals surface area (Å²) in [7, 11) is 0. The molecule has 0 spiro atoms. The normalized spacial score (nSPS) is 12.8. The average Bonchev–Trinajstić information content (AvgIpc) is 3.37. The number of hydrogen-bond acceptors (Lipinski definition) is 6. The van der Waals surface area contributed by atoms with E-state index in [2.05, 4.69) is 118 Å². The molecule has 0 fully saturated rings.